The molecule has 0 unspecified atom stereocenters. The van der Waals surface area contributed by atoms with Gasteiger partial charge in [-0.3, -0.25) is 4.79 Å². The van der Waals surface area contributed by atoms with E-state index < -0.39 is 18.5 Å². The zero-order valence-corrected chi connectivity index (χ0v) is 16.8. The van der Waals surface area contributed by atoms with Crippen LogP contribution in [0, 0.1) is 29.6 Å². The van der Waals surface area contributed by atoms with E-state index in [2.05, 4.69) is 4.98 Å². The first-order valence-corrected chi connectivity index (χ1v) is 9.74. The van der Waals surface area contributed by atoms with Gasteiger partial charge in [0, 0.05) is 18.5 Å². The van der Waals surface area contributed by atoms with Gasteiger partial charge in [0.25, 0.3) is 5.91 Å². The van der Waals surface area contributed by atoms with Crippen LogP contribution in [0.25, 0.3) is 0 Å². The molecule has 0 spiro atoms. The number of rotatable bonds is 10. The molecule has 0 aliphatic carbocycles. The van der Waals surface area contributed by atoms with Gasteiger partial charge in [0.1, 0.15) is 12.4 Å². The first-order chi connectivity index (χ1) is 14.0. The number of thiazole rings is 1. The number of carbonyl (C=O) groups excluding carboxylic acids is 2. The number of hydrogen-bond acceptors (Lipinski definition) is 8. The van der Waals surface area contributed by atoms with Gasteiger partial charge in [0.15, 0.2) is 6.61 Å². The lowest BCUT2D eigenvalue weighted by atomic mass is 10.2. The topological polar surface area (TPSA) is 116 Å². The summed E-state index contributed by atoms with van der Waals surface area (Å²) in [5.41, 5.74) is 1.13. The van der Waals surface area contributed by atoms with Crippen LogP contribution in [0.5, 0.6) is 5.75 Å². The molecule has 0 aliphatic heterocycles. The molecule has 0 radical (unpaired) electrons. The second kappa shape index (κ2) is 11.4. The SMILES string of the molecule is Cc1nc(COc2ccc(C(=O)OCC(=O)N(CCC#N)CCC#N)cc2)cs1. The quantitative estimate of drug-likeness (QED) is 0.551. The zero-order chi connectivity index (χ0) is 21.1. The van der Waals surface area contributed by atoms with Crippen molar-refractivity contribution in [1.29, 1.82) is 10.5 Å². The van der Waals surface area contributed by atoms with Crippen LogP contribution in [0.1, 0.15) is 33.9 Å². The summed E-state index contributed by atoms with van der Waals surface area (Å²) in [6, 6.07) is 10.3. The number of nitriles is 2. The molecule has 1 aromatic heterocycles. The molecule has 0 saturated carbocycles. The van der Waals surface area contributed by atoms with Crippen molar-refractivity contribution in [2.24, 2.45) is 0 Å². The van der Waals surface area contributed by atoms with Crippen LogP contribution >= 0.6 is 11.3 Å². The van der Waals surface area contributed by atoms with Crippen molar-refractivity contribution in [1.82, 2.24) is 9.88 Å². The average Bonchev–Trinajstić information content (AvgIpc) is 3.16. The molecule has 29 heavy (non-hydrogen) atoms. The van der Waals surface area contributed by atoms with Crippen molar-refractivity contribution in [2.75, 3.05) is 19.7 Å². The summed E-state index contributed by atoms with van der Waals surface area (Å²) in [6.07, 6.45) is 0.292. The molecule has 2 rings (SSSR count). The third kappa shape index (κ3) is 7.24. The van der Waals surface area contributed by atoms with E-state index in [0.29, 0.717) is 12.4 Å². The van der Waals surface area contributed by atoms with E-state index in [-0.39, 0.29) is 31.5 Å². The van der Waals surface area contributed by atoms with Crippen LogP contribution in [0.2, 0.25) is 0 Å². The fraction of sp³-hybridized carbons (Fsp3) is 0.350. The summed E-state index contributed by atoms with van der Waals surface area (Å²) in [5, 5.41) is 20.2. The summed E-state index contributed by atoms with van der Waals surface area (Å²) >= 11 is 1.55. The highest BCUT2D eigenvalue weighted by atomic mass is 32.1. The number of esters is 1. The van der Waals surface area contributed by atoms with Crippen LogP contribution in [0.3, 0.4) is 0 Å². The molecule has 0 atom stereocenters. The third-order valence-corrected chi connectivity index (χ3v) is 4.63. The maximum atomic E-state index is 12.2. The zero-order valence-electron chi connectivity index (χ0n) is 16.0. The van der Waals surface area contributed by atoms with E-state index in [1.165, 1.54) is 4.90 Å². The fourth-order valence-electron chi connectivity index (χ4n) is 2.35. The molecular formula is C20H20N4O4S. The standard InChI is InChI=1S/C20H20N4O4S/c1-15-23-17(14-29-15)12-27-18-6-4-16(5-7-18)20(26)28-13-19(25)24(10-2-8-21)11-3-9-22/h4-7,14H,2-3,10-13H2,1H3. The van der Waals surface area contributed by atoms with Crippen molar-refractivity contribution in [2.45, 2.75) is 26.4 Å². The highest BCUT2D eigenvalue weighted by Gasteiger charge is 2.16. The lowest BCUT2D eigenvalue weighted by Gasteiger charge is -2.20. The first kappa shape index (κ1) is 21.9. The molecule has 2 aromatic rings. The Morgan fingerprint density at radius 1 is 1.14 bits per heavy atom. The monoisotopic (exact) mass is 412 g/mol. The Balaban J connectivity index is 1.83. The molecule has 0 saturated heterocycles. The number of nitrogens with zero attached hydrogens (tertiary/aromatic N) is 4. The van der Waals surface area contributed by atoms with E-state index in [1.807, 2.05) is 24.4 Å². The number of carbonyl (C=O) groups is 2. The number of hydrogen-bond donors (Lipinski definition) is 0. The Morgan fingerprint density at radius 3 is 2.34 bits per heavy atom. The summed E-state index contributed by atoms with van der Waals surface area (Å²) in [4.78, 5) is 30.0. The molecule has 0 fully saturated rings. The highest BCUT2D eigenvalue weighted by molar-refractivity contribution is 7.09. The van der Waals surface area contributed by atoms with Gasteiger partial charge in [-0.25, -0.2) is 9.78 Å². The second-order valence-corrected chi connectivity index (χ2v) is 7.01. The van der Waals surface area contributed by atoms with Gasteiger partial charge >= 0.3 is 5.97 Å². The van der Waals surface area contributed by atoms with E-state index in [4.69, 9.17) is 20.0 Å². The van der Waals surface area contributed by atoms with Crippen LogP contribution in [0.4, 0.5) is 0 Å². The van der Waals surface area contributed by atoms with Crippen molar-refractivity contribution in [3.63, 3.8) is 0 Å². The smallest absolute Gasteiger partial charge is 0.338 e. The Morgan fingerprint density at radius 2 is 1.79 bits per heavy atom. The van der Waals surface area contributed by atoms with Gasteiger partial charge in [-0.1, -0.05) is 0 Å². The minimum atomic E-state index is -0.638. The minimum absolute atomic E-state index is 0.146. The molecule has 8 nitrogen and oxygen atoms in total. The molecule has 0 aliphatic rings. The van der Waals surface area contributed by atoms with Crippen molar-refractivity contribution in [3.8, 4) is 17.9 Å². The van der Waals surface area contributed by atoms with E-state index in [9.17, 15) is 9.59 Å². The average molecular weight is 412 g/mol. The lowest BCUT2D eigenvalue weighted by molar-refractivity contribution is -0.134. The normalized spacial score (nSPS) is 9.90. The first-order valence-electron chi connectivity index (χ1n) is 8.86. The number of aryl methyl sites for hydroxylation is 1. The van der Waals surface area contributed by atoms with Gasteiger partial charge in [-0.15, -0.1) is 11.3 Å². The van der Waals surface area contributed by atoms with Crippen molar-refractivity contribution < 1.29 is 19.1 Å². The largest absolute Gasteiger partial charge is 0.487 e. The van der Waals surface area contributed by atoms with Crippen LogP contribution in [-0.2, 0) is 16.1 Å². The Labute approximate surface area is 172 Å². The number of ether oxygens (including phenoxy) is 2. The predicted molar refractivity (Wildman–Crippen MR) is 105 cm³/mol. The Hall–Kier alpha value is -3.43. The summed E-state index contributed by atoms with van der Waals surface area (Å²) in [7, 11) is 0. The van der Waals surface area contributed by atoms with Gasteiger partial charge < -0.3 is 14.4 Å². The Bertz CT molecular complexity index is 894. The molecule has 0 N–H and O–H groups in total. The lowest BCUT2D eigenvalue weighted by Crippen LogP contribution is -2.36. The molecule has 9 heteroatoms. The molecule has 0 bridgehead atoms. The maximum Gasteiger partial charge on any atom is 0.338 e. The van der Waals surface area contributed by atoms with Crippen LogP contribution in [0.15, 0.2) is 29.6 Å². The van der Waals surface area contributed by atoms with Gasteiger partial charge in [0.05, 0.1) is 41.2 Å². The van der Waals surface area contributed by atoms with E-state index in [0.717, 1.165) is 10.7 Å². The van der Waals surface area contributed by atoms with E-state index in [1.54, 1.807) is 35.6 Å². The van der Waals surface area contributed by atoms with E-state index >= 15 is 0 Å². The minimum Gasteiger partial charge on any atom is -0.487 e. The molecule has 1 aromatic carbocycles. The summed E-state index contributed by atoms with van der Waals surface area (Å²) in [6.45, 7) is 2.20. The second-order valence-electron chi connectivity index (χ2n) is 5.94. The summed E-state index contributed by atoms with van der Waals surface area (Å²) < 4.78 is 10.7. The van der Waals surface area contributed by atoms with Crippen LogP contribution < -0.4 is 4.74 Å². The van der Waals surface area contributed by atoms with Gasteiger partial charge in [-0.05, 0) is 31.2 Å². The van der Waals surface area contributed by atoms with Crippen molar-refractivity contribution in [3.05, 3.63) is 45.9 Å². The predicted octanol–water partition coefficient (Wildman–Crippen LogP) is 2.84. The highest BCUT2D eigenvalue weighted by Crippen LogP contribution is 2.16. The fourth-order valence-corrected chi connectivity index (χ4v) is 2.95. The van der Waals surface area contributed by atoms with Gasteiger partial charge in [-0.2, -0.15) is 10.5 Å². The number of amides is 1. The molecular weight excluding hydrogens is 392 g/mol. The summed E-state index contributed by atoms with van der Waals surface area (Å²) in [5.74, 6) is -0.495. The number of aromatic nitrogens is 1. The number of benzene rings is 1. The molecule has 150 valence electrons. The molecule has 1 heterocycles. The molecule has 1 amide bonds. The van der Waals surface area contributed by atoms with Gasteiger partial charge in [0.2, 0.25) is 0 Å². The maximum absolute atomic E-state index is 12.2. The van der Waals surface area contributed by atoms with Crippen molar-refractivity contribution >= 4 is 23.2 Å². The third-order valence-electron chi connectivity index (χ3n) is 3.81. The van der Waals surface area contributed by atoms with Crippen LogP contribution in [-0.4, -0.2) is 41.5 Å². The Kier molecular flexibility index (Phi) is 8.61.